The summed E-state index contributed by atoms with van der Waals surface area (Å²) in [6, 6.07) is 1.41. The number of rotatable bonds is 2. The van der Waals surface area contributed by atoms with Gasteiger partial charge in [-0.3, -0.25) is 4.79 Å². The molecule has 0 radical (unpaired) electrons. The van der Waals surface area contributed by atoms with Gasteiger partial charge in [0.25, 0.3) is 0 Å². The van der Waals surface area contributed by atoms with E-state index in [1.165, 1.54) is 13.2 Å². The average Bonchev–Trinajstić information content (AvgIpc) is 2.29. The van der Waals surface area contributed by atoms with Crippen LogP contribution in [0, 0.1) is 5.82 Å². The van der Waals surface area contributed by atoms with Crippen LogP contribution in [0.5, 0.6) is 17.2 Å². The molecule has 0 amide bonds. The van der Waals surface area contributed by atoms with Crippen LogP contribution in [0.15, 0.2) is 6.07 Å². The van der Waals surface area contributed by atoms with Gasteiger partial charge in [-0.1, -0.05) is 0 Å². The lowest BCUT2D eigenvalue weighted by molar-refractivity contribution is 0.111. The lowest BCUT2D eigenvalue weighted by Gasteiger charge is -2.20. The van der Waals surface area contributed by atoms with Gasteiger partial charge in [-0.2, -0.15) is 4.39 Å². The van der Waals surface area contributed by atoms with Crippen LogP contribution in [0.4, 0.5) is 4.39 Å². The molecule has 0 spiro atoms. The Balaban J connectivity index is 2.61. The lowest BCUT2D eigenvalue weighted by Crippen LogP contribution is -2.17. The van der Waals surface area contributed by atoms with Crippen LogP contribution in [0.2, 0.25) is 0 Å². The number of carbonyl (C=O) groups excluding carboxylic acids is 1. The number of aldehydes is 1. The lowest BCUT2D eigenvalue weighted by atomic mass is 10.1. The zero-order valence-electron chi connectivity index (χ0n) is 8.08. The molecular formula is C10H9FO4. The maximum atomic E-state index is 13.7. The van der Waals surface area contributed by atoms with E-state index in [4.69, 9.17) is 14.2 Å². The summed E-state index contributed by atoms with van der Waals surface area (Å²) in [5, 5.41) is 0. The van der Waals surface area contributed by atoms with Crippen molar-refractivity contribution in [3.05, 3.63) is 17.4 Å². The van der Waals surface area contributed by atoms with Crippen molar-refractivity contribution < 1.29 is 23.4 Å². The Morgan fingerprint density at radius 3 is 2.87 bits per heavy atom. The number of halogens is 1. The number of ether oxygens (including phenoxy) is 3. The molecule has 0 saturated carbocycles. The summed E-state index contributed by atoms with van der Waals surface area (Å²) >= 11 is 0. The Hall–Kier alpha value is -1.78. The third-order valence-electron chi connectivity index (χ3n) is 2.09. The quantitative estimate of drug-likeness (QED) is 0.695. The van der Waals surface area contributed by atoms with E-state index in [1.807, 2.05) is 0 Å². The minimum absolute atomic E-state index is 0.00343. The number of benzene rings is 1. The largest absolute Gasteiger partial charge is 0.493 e. The first-order chi connectivity index (χ1) is 7.27. The second-order valence-corrected chi connectivity index (χ2v) is 2.96. The Labute approximate surface area is 85.6 Å². The van der Waals surface area contributed by atoms with Crippen molar-refractivity contribution in [3.63, 3.8) is 0 Å². The van der Waals surface area contributed by atoms with E-state index in [0.29, 0.717) is 12.9 Å². The van der Waals surface area contributed by atoms with Crippen LogP contribution in [-0.4, -0.2) is 26.6 Å². The van der Waals surface area contributed by atoms with Crippen LogP contribution < -0.4 is 14.2 Å². The number of hydrogen-bond acceptors (Lipinski definition) is 4. The van der Waals surface area contributed by atoms with E-state index in [9.17, 15) is 9.18 Å². The number of carbonyl (C=O) groups is 1. The van der Waals surface area contributed by atoms with E-state index in [0.717, 1.165) is 0 Å². The summed E-state index contributed by atoms with van der Waals surface area (Å²) in [6.07, 6.45) is 0.514. The zero-order valence-corrected chi connectivity index (χ0v) is 8.08. The van der Waals surface area contributed by atoms with Gasteiger partial charge < -0.3 is 14.2 Å². The normalized spacial score (nSPS) is 13.5. The third kappa shape index (κ3) is 1.49. The molecule has 0 atom stereocenters. The summed E-state index contributed by atoms with van der Waals surface area (Å²) in [5.41, 5.74) is 0.110. The first kappa shape index (κ1) is 9.76. The molecule has 1 heterocycles. The molecule has 5 heteroatoms. The van der Waals surface area contributed by atoms with Crippen molar-refractivity contribution in [2.75, 3.05) is 20.3 Å². The van der Waals surface area contributed by atoms with Crippen LogP contribution >= 0.6 is 0 Å². The van der Waals surface area contributed by atoms with Crippen LogP contribution in [0.3, 0.4) is 0 Å². The fourth-order valence-electron chi connectivity index (χ4n) is 1.44. The molecule has 1 aliphatic heterocycles. The van der Waals surface area contributed by atoms with Gasteiger partial charge in [0, 0.05) is 0 Å². The van der Waals surface area contributed by atoms with E-state index in [2.05, 4.69) is 0 Å². The van der Waals surface area contributed by atoms with Crippen molar-refractivity contribution in [1.82, 2.24) is 0 Å². The monoisotopic (exact) mass is 212 g/mol. The van der Waals surface area contributed by atoms with Crippen molar-refractivity contribution in [2.24, 2.45) is 0 Å². The zero-order chi connectivity index (χ0) is 10.8. The van der Waals surface area contributed by atoms with Crippen molar-refractivity contribution in [2.45, 2.75) is 0 Å². The van der Waals surface area contributed by atoms with E-state index in [-0.39, 0.29) is 29.4 Å². The van der Waals surface area contributed by atoms with Gasteiger partial charge in [0.05, 0.1) is 12.7 Å². The highest BCUT2D eigenvalue weighted by Crippen LogP contribution is 2.39. The molecule has 15 heavy (non-hydrogen) atoms. The van der Waals surface area contributed by atoms with Gasteiger partial charge in [-0.05, 0) is 6.07 Å². The van der Waals surface area contributed by atoms with E-state index < -0.39 is 5.82 Å². The Morgan fingerprint density at radius 1 is 1.47 bits per heavy atom. The molecule has 0 bridgehead atoms. The summed E-state index contributed by atoms with van der Waals surface area (Å²) in [5.74, 6) is -0.573. The van der Waals surface area contributed by atoms with Crippen LogP contribution in [0.1, 0.15) is 10.4 Å². The van der Waals surface area contributed by atoms with Gasteiger partial charge in [0.1, 0.15) is 13.2 Å². The number of fused-ring (bicyclic) bond motifs is 1. The van der Waals surface area contributed by atoms with Gasteiger partial charge in [0.15, 0.2) is 17.8 Å². The smallest absolute Gasteiger partial charge is 0.211 e. The van der Waals surface area contributed by atoms with E-state index in [1.54, 1.807) is 0 Å². The van der Waals surface area contributed by atoms with Crippen LogP contribution in [0.25, 0.3) is 0 Å². The Bertz CT molecular complexity index is 403. The molecule has 4 nitrogen and oxygen atoms in total. The second kappa shape index (κ2) is 3.76. The predicted octanol–water partition coefficient (Wildman–Crippen LogP) is 1.42. The minimum atomic E-state index is -0.697. The second-order valence-electron chi connectivity index (χ2n) is 2.96. The van der Waals surface area contributed by atoms with E-state index >= 15 is 0 Å². The SMILES string of the molecule is COc1c(C=O)cc2c(c1F)OCCO2. The summed E-state index contributed by atoms with van der Waals surface area (Å²) in [6.45, 7) is 0.630. The third-order valence-corrected chi connectivity index (χ3v) is 2.09. The molecule has 2 rings (SSSR count). The van der Waals surface area contributed by atoms with Gasteiger partial charge in [0.2, 0.25) is 11.6 Å². The fourth-order valence-corrected chi connectivity index (χ4v) is 1.44. The van der Waals surface area contributed by atoms with Crippen LogP contribution in [-0.2, 0) is 0 Å². The fraction of sp³-hybridized carbons (Fsp3) is 0.300. The Kier molecular flexibility index (Phi) is 2.45. The number of methoxy groups -OCH3 is 1. The molecule has 0 unspecified atom stereocenters. The van der Waals surface area contributed by atoms with Gasteiger partial charge in [-0.25, -0.2) is 0 Å². The molecule has 0 aromatic heterocycles. The molecule has 0 fully saturated rings. The number of hydrogen-bond donors (Lipinski definition) is 0. The summed E-state index contributed by atoms with van der Waals surface area (Å²) in [4.78, 5) is 10.7. The first-order valence-corrected chi connectivity index (χ1v) is 4.39. The van der Waals surface area contributed by atoms with Crippen molar-refractivity contribution in [3.8, 4) is 17.2 Å². The molecule has 1 aromatic rings. The summed E-state index contributed by atoms with van der Waals surface area (Å²) < 4.78 is 28.8. The van der Waals surface area contributed by atoms with Crippen molar-refractivity contribution >= 4 is 6.29 Å². The molecule has 80 valence electrons. The standard InChI is InChI=1S/C10H9FO4/c1-13-9-6(5-12)4-7-10(8(9)11)15-3-2-14-7/h4-5H,2-3H2,1H3. The molecule has 0 N–H and O–H groups in total. The molecular weight excluding hydrogens is 203 g/mol. The van der Waals surface area contributed by atoms with Gasteiger partial charge >= 0.3 is 0 Å². The van der Waals surface area contributed by atoms with Gasteiger partial charge in [-0.15, -0.1) is 0 Å². The van der Waals surface area contributed by atoms with Crippen molar-refractivity contribution in [1.29, 1.82) is 0 Å². The average molecular weight is 212 g/mol. The molecule has 1 aromatic carbocycles. The highest BCUT2D eigenvalue weighted by atomic mass is 19.1. The molecule has 0 aliphatic carbocycles. The summed E-state index contributed by atoms with van der Waals surface area (Å²) in [7, 11) is 1.29. The maximum absolute atomic E-state index is 13.7. The first-order valence-electron chi connectivity index (χ1n) is 4.39. The molecule has 0 saturated heterocycles. The topological polar surface area (TPSA) is 44.8 Å². The minimum Gasteiger partial charge on any atom is -0.493 e. The molecule has 1 aliphatic rings. The predicted molar refractivity (Wildman–Crippen MR) is 49.3 cm³/mol. The highest BCUT2D eigenvalue weighted by Gasteiger charge is 2.23. The highest BCUT2D eigenvalue weighted by molar-refractivity contribution is 5.81. The Morgan fingerprint density at radius 2 is 2.20 bits per heavy atom. The maximum Gasteiger partial charge on any atom is 0.211 e.